The fourth-order valence-electron chi connectivity index (χ4n) is 3.05. The van der Waals surface area contributed by atoms with Gasteiger partial charge in [-0.3, -0.25) is 9.78 Å². The molecule has 0 bridgehead atoms. The predicted octanol–water partition coefficient (Wildman–Crippen LogP) is 2.06. The Morgan fingerprint density at radius 3 is 3.08 bits per heavy atom. The lowest BCUT2D eigenvalue weighted by molar-refractivity contribution is 0.0789. The average molecular weight is 342 g/mol. The van der Waals surface area contributed by atoms with Crippen LogP contribution in [0.25, 0.3) is 0 Å². The molecule has 3 heterocycles. The topological polar surface area (TPSA) is 81.4 Å². The molecule has 7 heteroatoms. The van der Waals surface area contributed by atoms with Crippen LogP contribution >= 0.6 is 0 Å². The first-order valence-corrected chi connectivity index (χ1v) is 8.89. The highest BCUT2D eigenvalue weighted by Crippen LogP contribution is 2.29. The largest absolute Gasteiger partial charge is 0.381 e. The SMILES string of the molecule is O=C(c1cccnc1)N1CCC(c2nc(CCOCC3CC3)no2)C1. The van der Waals surface area contributed by atoms with Crippen molar-refractivity contribution in [1.82, 2.24) is 20.0 Å². The Labute approximate surface area is 146 Å². The van der Waals surface area contributed by atoms with Gasteiger partial charge in [0.2, 0.25) is 5.89 Å². The maximum Gasteiger partial charge on any atom is 0.255 e. The van der Waals surface area contributed by atoms with Crippen LogP contribution in [0.1, 0.15) is 47.3 Å². The first-order valence-electron chi connectivity index (χ1n) is 8.89. The highest BCUT2D eigenvalue weighted by Gasteiger charge is 2.31. The van der Waals surface area contributed by atoms with E-state index in [1.165, 1.54) is 12.8 Å². The summed E-state index contributed by atoms with van der Waals surface area (Å²) in [7, 11) is 0. The summed E-state index contributed by atoms with van der Waals surface area (Å²) in [6.07, 6.45) is 7.36. The lowest BCUT2D eigenvalue weighted by Crippen LogP contribution is -2.28. The fraction of sp³-hybridized carbons (Fsp3) is 0.556. The number of carbonyl (C=O) groups is 1. The molecule has 1 aliphatic carbocycles. The van der Waals surface area contributed by atoms with Crippen molar-refractivity contribution in [2.45, 2.75) is 31.6 Å². The number of pyridine rings is 1. The van der Waals surface area contributed by atoms with Crippen molar-refractivity contribution in [3.05, 3.63) is 41.8 Å². The number of carbonyl (C=O) groups excluding carboxylic acids is 1. The van der Waals surface area contributed by atoms with Crippen molar-refractivity contribution in [3.63, 3.8) is 0 Å². The summed E-state index contributed by atoms with van der Waals surface area (Å²) in [5.74, 6) is 2.18. The number of hydrogen-bond donors (Lipinski definition) is 0. The van der Waals surface area contributed by atoms with Gasteiger partial charge in [-0.25, -0.2) is 0 Å². The second-order valence-corrected chi connectivity index (χ2v) is 6.80. The van der Waals surface area contributed by atoms with E-state index in [1.807, 2.05) is 4.90 Å². The number of hydrogen-bond acceptors (Lipinski definition) is 6. The molecule has 0 N–H and O–H groups in total. The standard InChI is InChI=1S/C18H22N4O3/c23-18(14-2-1-7-19-10-14)22-8-5-15(11-22)17-20-16(21-25-17)6-9-24-12-13-3-4-13/h1-2,7,10,13,15H,3-6,8-9,11-12H2. The highest BCUT2D eigenvalue weighted by atomic mass is 16.5. The van der Waals surface area contributed by atoms with Crippen molar-refractivity contribution in [1.29, 1.82) is 0 Å². The minimum Gasteiger partial charge on any atom is -0.381 e. The lowest BCUT2D eigenvalue weighted by atomic mass is 10.1. The number of likely N-dealkylation sites (tertiary alicyclic amines) is 1. The van der Waals surface area contributed by atoms with Crippen LogP contribution in [0.3, 0.4) is 0 Å². The van der Waals surface area contributed by atoms with E-state index in [9.17, 15) is 4.79 Å². The third-order valence-electron chi connectivity index (χ3n) is 4.74. The lowest BCUT2D eigenvalue weighted by Gasteiger charge is -2.15. The minimum atomic E-state index is 0.00353. The van der Waals surface area contributed by atoms with Crippen molar-refractivity contribution in [2.75, 3.05) is 26.3 Å². The van der Waals surface area contributed by atoms with Crippen molar-refractivity contribution in [2.24, 2.45) is 5.92 Å². The van der Waals surface area contributed by atoms with Crippen LogP contribution in [0, 0.1) is 5.92 Å². The van der Waals surface area contributed by atoms with Crippen LogP contribution in [0.5, 0.6) is 0 Å². The smallest absolute Gasteiger partial charge is 0.255 e. The Bertz CT molecular complexity index is 714. The number of aromatic nitrogens is 3. The van der Waals surface area contributed by atoms with Crippen molar-refractivity contribution in [3.8, 4) is 0 Å². The molecule has 0 radical (unpaired) electrons. The molecule has 4 rings (SSSR count). The van der Waals surface area contributed by atoms with E-state index in [0.717, 1.165) is 18.9 Å². The molecule has 25 heavy (non-hydrogen) atoms. The summed E-state index contributed by atoms with van der Waals surface area (Å²) >= 11 is 0. The Morgan fingerprint density at radius 2 is 2.28 bits per heavy atom. The Morgan fingerprint density at radius 1 is 1.36 bits per heavy atom. The number of ether oxygens (including phenoxy) is 1. The first-order chi connectivity index (χ1) is 12.3. The summed E-state index contributed by atoms with van der Waals surface area (Å²) in [5.41, 5.74) is 0.613. The summed E-state index contributed by atoms with van der Waals surface area (Å²) < 4.78 is 11.0. The number of rotatable bonds is 7. The molecule has 1 unspecified atom stereocenters. The van der Waals surface area contributed by atoms with Crippen LogP contribution in [0.15, 0.2) is 29.0 Å². The molecule has 1 saturated heterocycles. The van der Waals surface area contributed by atoms with Crippen LogP contribution in [-0.4, -0.2) is 52.2 Å². The molecule has 2 aliphatic rings. The van der Waals surface area contributed by atoms with Crippen LogP contribution in [0.2, 0.25) is 0 Å². The van der Waals surface area contributed by atoms with E-state index in [0.29, 0.717) is 43.4 Å². The van der Waals surface area contributed by atoms with E-state index in [-0.39, 0.29) is 11.8 Å². The Kier molecular flexibility index (Phi) is 4.74. The zero-order valence-corrected chi connectivity index (χ0v) is 14.1. The summed E-state index contributed by atoms with van der Waals surface area (Å²) in [6.45, 7) is 2.78. The quantitative estimate of drug-likeness (QED) is 0.717. The summed E-state index contributed by atoms with van der Waals surface area (Å²) in [5, 5.41) is 4.04. The first kappa shape index (κ1) is 16.2. The molecule has 2 fully saturated rings. The zero-order valence-electron chi connectivity index (χ0n) is 14.1. The maximum absolute atomic E-state index is 12.5. The van der Waals surface area contributed by atoms with E-state index >= 15 is 0 Å². The molecular weight excluding hydrogens is 320 g/mol. The van der Waals surface area contributed by atoms with Crippen LogP contribution in [-0.2, 0) is 11.2 Å². The number of amides is 1. The second kappa shape index (κ2) is 7.31. The van der Waals surface area contributed by atoms with Crippen molar-refractivity contribution >= 4 is 5.91 Å². The molecular formula is C18H22N4O3. The third kappa shape index (κ3) is 4.04. The van der Waals surface area contributed by atoms with Gasteiger partial charge in [0.25, 0.3) is 5.91 Å². The summed E-state index contributed by atoms with van der Waals surface area (Å²) in [6, 6.07) is 3.56. The Balaban J connectivity index is 1.28. The molecule has 1 aliphatic heterocycles. The van der Waals surface area contributed by atoms with Gasteiger partial charge in [-0.15, -0.1) is 0 Å². The second-order valence-electron chi connectivity index (χ2n) is 6.80. The van der Waals surface area contributed by atoms with Crippen LogP contribution in [0.4, 0.5) is 0 Å². The van der Waals surface area contributed by atoms with E-state index in [2.05, 4.69) is 15.1 Å². The van der Waals surface area contributed by atoms with Gasteiger partial charge in [0, 0.05) is 38.5 Å². The van der Waals surface area contributed by atoms with Gasteiger partial charge in [-0.05, 0) is 37.3 Å². The van der Waals surface area contributed by atoms with Gasteiger partial charge in [0.1, 0.15) is 0 Å². The fourth-order valence-corrected chi connectivity index (χ4v) is 3.05. The molecule has 132 valence electrons. The maximum atomic E-state index is 12.5. The van der Waals surface area contributed by atoms with Gasteiger partial charge >= 0.3 is 0 Å². The third-order valence-corrected chi connectivity index (χ3v) is 4.74. The summed E-state index contributed by atoms with van der Waals surface area (Å²) in [4.78, 5) is 22.8. The van der Waals surface area contributed by atoms with Crippen molar-refractivity contribution < 1.29 is 14.1 Å². The van der Waals surface area contributed by atoms with E-state index < -0.39 is 0 Å². The molecule has 1 atom stereocenters. The van der Waals surface area contributed by atoms with Gasteiger partial charge in [-0.2, -0.15) is 4.98 Å². The van der Waals surface area contributed by atoms with Gasteiger partial charge in [-0.1, -0.05) is 5.16 Å². The monoisotopic (exact) mass is 342 g/mol. The van der Waals surface area contributed by atoms with Crippen LogP contribution < -0.4 is 0 Å². The molecule has 2 aromatic heterocycles. The van der Waals surface area contributed by atoms with E-state index in [4.69, 9.17) is 9.26 Å². The Hall–Kier alpha value is -2.28. The average Bonchev–Trinajstić information content (AvgIpc) is 3.15. The van der Waals surface area contributed by atoms with E-state index in [1.54, 1.807) is 24.5 Å². The minimum absolute atomic E-state index is 0.00353. The molecule has 7 nitrogen and oxygen atoms in total. The highest BCUT2D eigenvalue weighted by molar-refractivity contribution is 5.94. The molecule has 2 aromatic rings. The zero-order chi connectivity index (χ0) is 17.1. The van der Waals surface area contributed by atoms with Gasteiger partial charge in [0.05, 0.1) is 18.1 Å². The molecule has 0 aromatic carbocycles. The normalized spacial score (nSPS) is 20.2. The molecule has 1 amide bonds. The molecule has 1 saturated carbocycles. The van der Waals surface area contributed by atoms with Gasteiger partial charge < -0.3 is 14.2 Å². The number of nitrogens with zero attached hydrogens (tertiary/aromatic N) is 4. The molecule has 0 spiro atoms. The van der Waals surface area contributed by atoms with Gasteiger partial charge in [0.15, 0.2) is 5.82 Å². The predicted molar refractivity (Wildman–Crippen MR) is 89.0 cm³/mol.